The van der Waals surface area contributed by atoms with E-state index in [1.165, 1.54) is 34.0 Å². The molecule has 0 fully saturated rings. The average Bonchev–Trinajstić information content (AvgIpc) is 3.98. The zero-order valence-corrected chi connectivity index (χ0v) is 36.8. The Labute approximate surface area is 327 Å². The first-order valence-corrected chi connectivity index (χ1v) is 27.4. The van der Waals surface area contributed by atoms with Gasteiger partial charge in [-0.25, -0.2) is 0 Å². The van der Waals surface area contributed by atoms with Crippen LogP contribution in [0.4, 0.5) is 0 Å². The van der Waals surface area contributed by atoms with Gasteiger partial charge in [0.1, 0.15) is 0 Å². The van der Waals surface area contributed by atoms with Gasteiger partial charge in [-0.2, -0.15) is 11.4 Å². The Morgan fingerprint density at radius 1 is 0.510 bits per heavy atom. The van der Waals surface area contributed by atoms with E-state index >= 15 is 0 Å². The van der Waals surface area contributed by atoms with Crippen LogP contribution in [0.1, 0.15) is 180 Å². The number of fused-ring (bicyclic) bond motifs is 6. The van der Waals surface area contributed by atoms with Gasteiger partial charge in [0.05, 0.1) is 28.2 Å². The van der Waals surface area contributed by atoms with E-state index in [4.69, 9.17) is 37.8 Å². The van der Waals surface area contributed by atoms with Crippen molar-refractivity contribution >= 4 is 59.3 Å². The van der Waals surface area contributed by atoms with E-state index in [2.05, 4.69) is 90.1 Å². The standard InChI is InChI=1S/C44H62N4.2ClH.Sn/c1-7-13-19-33-35-21-25-39(45-35)43(29-15-9-3,30-16-10-4)41-27-23-37(47-41)34(20-14-8-2)38-24-28-42(48-38)44(31-17-11-5,32-18-12-6)40-26-22-36(33)46-40;;;/h21-28H,7-20,29-32H2,1-6H3;2*1H;/q-2;;;+4/p-2/b35-33-,37-34-;;;. The second kappa shape index (κ2) is 21.2. The fourth-order valence-electron chi connectivity index (χ4n) is 8.12. The number of rotatable bonds is 18. The van der Waals surface area contributed by atoms with Gasteiger partial charge in [-0.1, -0.05) is 130 Å². The van der Waals surface area contributed by atoms with Gasteiger partial charge in [-0.15, -0.1) is 11.4 Å². The molecule has 0 unspecified atom stereocenters. The molecule has 0 radical (unpaired) electrons. The van der Waals surface area contributed by atoms with Crippen LogP contribution >= 0.6 is 17.8 Å². The summed E-state index contributed by atoms with van der Waals surface area (Å²) in [5.41, 5.74) is 11.4. The molecule has 5 heterocycles. The van der Waals surface area contributed by atoms with Gasteiger partial charge in [0, 0.05) is 0 Å². The van der Waals surface area contributed by atoms with E-state index in [1.54, 1.807) is 0 Å². The molecule has 7 heteroatoms. The normalized spacial score (nSPS) is 19.8. The molecule has 51 heavy (non-hydrogen) atoms. The number of hydrogen-bond donors (Lipinski definition) is 0. The van der Waals surface area contributed by atoms with Crippen LogP contribution in [-0.2, 0) is 5.41 Å². The molecule has 0 amide bonds. The quantitative estimate of drug-likeness (QED) is 0.140. The Bertz CT molecular complexity index is 1470. The number of aliphatic imine (C=N–C) groups is 2. The van der Waals surface area contributed by atoms with Gasteiger partial charge >= 0.3 is 36.7 Å². The Morgan fingerprint density at radius 3 is 1.22 bits per heavy atom. The molecule has 5 rings (SSSR count). The van der Waals surface area contributed by atoms with Gasteiger partial charge in [-0.05, 0) is 92.2 Å². The van der Waals surface area contributed by atoms with E-state index in [9.17, 15) is 0 Å². The molecule has 3 aliphatic heterocycles. The minimum absolute atomic E-state index is 0.198. The maximum atomic E-state index is 5.58. The molecule has 4 nitrogen and oxygen atoms in total. The second-order valence-electron chi connectivity index (χ2n) is 14.7. The van der Waals surface area contributed by atoms with Gasteiger partial charge in [0.15, 0.2) is 0 Å². The Hall–Kier alpha value is -1.76. The topological polar surface area (TPSA) is 52.9 Å². The van der Waals surface area contributed by atoms with E-state index in [0.29, 0.717) is 0 Å². The van der Waals surface area contributed by atoms with Crippen molar-refractivity contribution in [3.05, 3.63) is 82.7 Å². The molecular weight excluding hydrogens is 774 g/mol. The molecule has 2 aromatic heterocycles. The SMILES string of the molecule is CCCC/C1=C2\C=CC(=N2)C(CCCC)(CCCC)C2=N/C(=C(/CCCC)c3ccc([n-]3)C(CCCC)(CCCC)c3ccc1[n-]3)C=C2.[Cl][Sn+2][Cl]. The van der Waals surface area contributed by atoms with Crippen LogP contribution in [-0.4, -0.2) is 30.3 Å². The fourth-order valence-corrected chi connectivity index (χ4v) is 8.12. The van der Waals surface area contributed by atoms with Crippen LogP contribution < -0.4 is 9.97 Å². The van der Waals surface area contributed by atoms with Crippen LogP contribution in [0.15, 0.2) is 69.9 Å². The zero-order valence-electron chi connectivity index (χ0n) is 32.4. The third-order valence-corrected chi connectivity index (χ3v) is 11.1. The van der Waals surface area contributed by atoms with Crippen molar-refractivity contribution in [1.29, 1.82) is 0 Å². The summed E-state index contributed by atoms with van der Waals surface area (Å²) in [6.07, 6.45) is 29.4. The van der Waals surface area contributed by atoms with E-state index in [-0.39, 0.29) is 10.8 Å². The summed E-state index contributed by atoms with van der Waals surface area (Å²) in [7, 11) is 9.87. The van der Waals surface area contributed by atoms with Crippen molar-refractivity contribution in [3.63, 3.8) is 0 Å². The number of allylic oxidation sites excluding steroid dienone is 6. The molecule has 0 aromatic carbocycles. The summed E-state index contributed by atoms with van der Waals surface area (Å²) in [6.45, 7) is 13.8. The molecule has 2 aromatic rings. The number of nitrogens with zero attached hydrogens (tertiary/aromatic N) is 4. The Morgan fingerprint density at radius 2 is 0.863 bits per heavy atom. The summed E-state index contributed by atoms with van der Waals surface area (Å²) in [4.78, 5) is 22.3. The molecular formula is C44H62Cl2N4Sn. The number of aromatic nitrogens is 2. The van der Waals surface area contributed by atoms with Crippen LogP contribution in [0, 0.1) is 5.41 Å². The number of hydrogen-bond acceptors (Lipinski definition) is 2. The Kier molecular flexibility index (Phi) is 17.5. The fraction of sp³-hybridized carbons (Fsp3) is 0.591. The van der Waals surface area contributed by atoms with Crippen LogP contribution in [0.3, 0.4) is 0 Å². The summed E-state index contributed by atoms with van der Waals surface area (Å²) < 4.78 is 0. The van der Waals surface area contributed by atoms with Crippen molar-refractivity contribution in [3.8, 4) is 0 Å². The molecule has 0 spiro atoms. The molecule has 0 aliphatic carbocycles. The summed E-state index contributed by atoms with van der Waals surface area (Å²) in [5, 5.41) is 0. The first-order chi connectivity index (χ1) is 24.9. The van der Waals surface area contributed by atoms with Crippen LogP contribution in [0.25, 0.3) is 11.1 Å². The van der Waals surface area contributed by atoms with Crippen LogP contribution in [0.5, 0.6) is 0 Å². The molecule has 0 saturated heterocycles. The summed E-state index contributed by atoms with van der Waals surface area (Å²) in [6, 6.07) is 9.27. The van der Waals surface area contributed by atoms with Gasteiger partial charge in [0.25, 0.3) is 0 Å². The van der Waals surface area contributed by atoms with Crippen LogP contribution in [0.2, 0.25) is 0 Å². The van der Waals surface area contributed by atoms with E-state index < -0.39 is 18.9 Å². The summed E-state index contributed by atoms with van der Waals surface area (Å²) in [5.74, 6) is 0. The third kappa shape index (κ3) is 9.87. The van der Waals surface area contributed by atoms with E-state index in [1.807, 2.05) is 0 Å². The van der Waals surface area contributed by atoms with E-state index in [0.717, 1.165) is 138 Å². The van der Waals surface area contributed by atoms with Crippen molar-refractivity contribution in [2.75, 3.05) is 0 Å². The van der Waals surface area contributed by atoms with Crippen molar-refractivity contribution in [1.82, 2.24) is 9.97 Å². The predicted molar refractivity (Wildman–Crippen MR) is 224 cm³/mol. The van der Waals surface area contributed by atoms with Crippen molar-refractivity contribution in [2.24, 2.45) is 15.4 Å². The minimum atomic E-state index is -0.826. The first-order valence-electron chi connectivity index (χ1n) is 20.2. The molecule has 0 saturated carbocycles. The average molecular weight is 837 g/mol. The summed E-state index contributed by atoms with van der Waals surface area (Å²) >= 11 is -0.826. The molecule has 0 atom stereocenters. The molecule has 8 bridgehead atoms. The van der Waals surface area contributed by atoms with Gasteiger partial charge in [-0.3, -0.25) is 9.98 Å². The molecule has 3 aliphatic rings. The van der Waals surface area contributed by atoms with Gasteiger partial charge in [0.2, 0.25) is 0 Å². The zero-order chi connectivity index (χ0) is 36.7. The second-order valence-corrected chi connectivity index (χ2v) is 18.9. The molecule has 276 valence electrons. The van der Waals surface area contributed by atoms with Crippen molar-refractivity contribution in [2.45, 2.75) is 163 Å². The number of unbranched alkanes of at least 4 members (excludes halogenated alkanes) is 6. The predicted octanol–water partition coefficient (Wildman–Crippen LogP) is 13.5. The maximum absolute atomic E-state index is 5.58. The number of halogens is 2. The third-order valence-electron chi connectivity index (χ3n) is 11.1. The first kappa shape index (κ1) is 42.0. The van der Waals surface area contributed by atoms with Crippen molar-refractivity contribution < 1.29 is 0 Å². The molecule has 0 N–H and O–H groups in total. The Balaban J connectivity index is 0.00000188. The van der Waals surface area contributed by atoms with Gasteiger partial charge < -0.3 is 9.97 Å². The monoisotopic (exact) mass is 836 g/mol.